The third-order valence-electron chi connectivity index (χ3n) is 14.3. The molecule has 0 aromatic heterocycles. The largest absolute Gasteiger partial charge is 0.466 e. The first-order chi connectivity index (χ1) is 36.7. The molecule has 1 saturated heterocycles. The van der Waals surface area contributed by atoms with Gasteiger partial charge in [-0.3, -0.25) is 9.59 Å². The van der Waals surface area contributed by atoms with Crippen LogP contribution in [0.1, 0.15) is 271 Å². The van der Waals surface area contributed by atoms with Crippen LogP contribution in [0, 0.1) is 0 Å². The molecule has 1 rings (SSSR count). The van der Waals surface area contributed by atoms with E-state index in [1.54, 1.807) is 6.08 Å². The Labute approximate surface area is 458 Å². The van der Waals surface area contributed by atoms with E-state index in [4.69, 9.17) is 14.2 Å². The lowest BCUT2D eigenvalue weighted by Crippen LogP contribution is -2.60. The smallest absolute Gasteiger partial charge is 0.305 e. The summed E-state index contributed by atoms with van der Waals surface area (Å²) in [4.78, 5) is 25.0. The van der Waals surface area contributed by atoms with Crippen LogP contribution in [0.2, 0.25) is 0 Å². The van der Waals surface area contributed by atoms with Gasteiger partial charge in [-0.15, -0.1) is 0 Å². The molecule has 1 fully saturated rings. The topological polar surface area (TPSA) is 175 Å². The molecule has 1 aliphatic rings. The van der Waals surface area contributed by atoms with Crippen molar-refractivity contribution in [1.29, 1.82) is 0 Å². The van der Waals surface area contributed by atoms with Gasteiger partial charge < -0.3 is 45.1 Å². The van der Waals surface area contributed by atoms with Gasteiger partial charge in [0.15, 0.2) is 6.29 Å². The highest BCUT2D eigenvalue weighted by atomic mass is 16.7. The lowest BCUT2D eigenvalue weighted by molar-refractivity contribution is -0.302. The van der Waals surface area contributed by atoms with E-state index >= 15 is 0 Å². The highest BCUT2D eigenvalue weighted by Crippen LogP contribution is 2.23. The number of esters is 1. The van der Waals surface area contributed by atoms with Crippen LogP contribution in [-0.2, 0) is 23.8 Å². The zero-order valence-electron chi connectivity index (χ0n) is 48.0. The van der Waals surface area contributed by atoms with Crippen molar-refractivity contribution in [2.75, 3.05) is 19.8 Å². The van der Waals surface area contributed by atoms with Gasteiger partial charge in [0.1, 0.15) is 24.4 Å². The number of aliphatic hydroxyl groups excluding tert-OH is 5. The first kappa shape index (κ1) is 70.4. The van der Waals surface area contributed by atoms with Crippen molar-refractivity contribution >= 4 is 11.9 Å². The molecule has 0 bridgehead atoms. The van der Waals surface area contributed by atoms with E-state index in [9.17, 15) is 35.1 Å². The highest BCUT2D eigenvalue weighted by Gasteiger charge is 2.44. The average Bonchev–Trinajstić information content (AvgIpc) is 3.41. The Bertz CT molecular complexity index is 1430. The molecular formula is C64H115NO10. The summed E-state index contributed by atoms with van der Waals surface area (Å²) in [7, 11) is 0. The van der Waals surface area contributed by atoms with Crippen LogP contribution in [0.3, 0.4) is 0 Å². The third kappa shape index (κ3) is 43.0. The maximum absolute atomic E-state index is 13.0. The zero-order chi connectivity index (χ0) is 54.5. The molecule has 0 aliphatic carbocycles. The van der Waals surface area contributed by atoms with Gasteiger partial charge in [-0.25, -0.2) is 0 Å². The molecule has 0 spiro atoms. The molecule has 7 atom stereocenters. The minimum Gasteiger partial charge on any atom is -0.466 e. The minimum absolute atomic E-state index is 0.0129. The molecule has 1 heterocycles. The third-order valence-corrected chi connectivity index (χ3v) is 14.3. The normalized spacial score (nSPS) is 19.2. The second-order valence-corrected chi connectivity index (χ2v) is 21.4. The fraction of sp³-hybridized carbons (Fsp3) is 0.812. The lowest BCUT2D eigenvalue weighted by atomic mass is 9.99. The molecular weight excluding hydrogens is 943 g/mol. The summed E-state index contributed by atoms with van der Waals surface area (Å²) in [5.74, 6) is -0.214. The SMILES string of the molecule is CCCCC/C=C\CCCCCCCC(=O)OCCCCCCCCCCC/C=C\C/C=C\CCCCCCCCCCCC(=O)NC(COC1OC(CO)C(O)C(O)C1O)C(O)/C=C/CC/C=C/CCCCCC. The predicted molar refractivity (Wildman–Crippen MR) is 310 cm³/mol. The van der Waals surface area contributed by atoms with Crippen LogP contribution >= 0.6 is 0 Å². The van der Waals surface area contributed by atoms with Crippen molar-refractivity contribution in [2.45, 2.75) is 314 Å². The van der Waals surface area contributed by atoms with Crippen LogP contribution in [0.4, 0.5) is 0 Å². The van der Waals surface area contributed by atoms with Gasteiger partial charge in [-0.2, -0.15) is 0 Å². The summed E-state index contributed by atoms with van der Waals surface area (Å²) in [6.45, 7) is 4.25. The standard InChI is InChI=1S/C64H115NO10/c1-3-5-7-9-11-13-15-32-36-40-44-48-52-60(69)73-53-49-45-41-37-33-30-28-26-24-22-20-18-16-17-19-21-23-25-27-29-31-35-39-43-47-51-59(68)65-56(55-74-64-63(72)62(71)61(70)58(54-66)75-64)57(67)50-46-42-38-34-14-12-10-8-6-4-2/h11,13-14,17-20,34,46,50,56-58,61-64,66-67,70-72H,3-10,12,15-16,21-33,35-45,47-49,51-55H2,1-2H3,(H,65,68)/b13-11-,19-17-,20-18-,34-14+,50-46+. The van der Waals surface area contributed by atoms with Crippen LogP contribution in [-0.4, -0.2) is 100 Å². The number of allylic oxidation sites excluding steroid dienone is 9. The van der Waals surface area contributed by atoms with Gasteiger partial charge in [0.25, 0.3) is 0 Å². The average molecular weight is 1060 g/mol. The number of hydrogen-bond donors (Lipinski definition) is 6. The molecule has 1 amide bonds. The summed E-state index contributed by atoms with van der Waals surface area (Å²) in [6, 6.07) is -0.832. The van der Waals surface area contributed by atoms with E-state index in [1.165, 1.54) is 161 Å². The van der Waals surface area contributed by atoms with Crippen LogP contribution in [0.15, 0.2) is 60.8 Å². The fourth-order valence-electron chi connectivity index (χ4n) is 9.36. The molecule has 11 nitrogen and oxygen atoms in total. The van der Waals surface area contributed by atoms with Gasteiger partial charge in [0, 0.05) is 12.8 Å². The molecule has 436 valence electrons. The highest BCUT2D eigenvalue weighted by molar-refractivity contribution is 5.76. The molecule has 75 heavy (non-hydrogen) atoms. The van der Waals surface area contributed by atoms with Gasteiger partial charge >= 0.3 is 5.97 Å². The van der Waals surface area contributed by atoms with Crippen LogP contribution < -0.4 is 5.32 Å². The van der Waals surface area contributed by atoms with E-state index in [0.29, 0.717) is 19.4 Å². The summed E-state index contributed by atoms with van der Waals surface area (Å²) in [6.07, 6.45) is 59.1. The minimum atomic E-state index is -1.58. The Morgan fingerprint density at radius 3 is 1.43 bits per heavy atom. The van der Waals surface area contributed by atoms with Crippen LogP contribution in [0.25, 0.3) is 0 Å². The number of carbonyl (C=O) groups is 2. The molecule has 11 heteroatoms. The van der Waals surface area contributed by atoms with Gasteiger partial charge in [-0.05, 0) is 103 Å². The Morgan fingerprint density at radius 1 is 0.493 bits per heavy atom. The molecule has 7 unspecified atom stereocenters. The van der Waals surface area contributed by atoms with E-state index in [-0.39, 0.29) is 18.5 Å². The molecule has 0 saturated carbocycles. The molecule has 0 radical (unpaired) electrons. The fourth-order valence-corrected chi connectivity index (χ4v) is 9.36. The molecule has 0 aromatic rings. The quantitative estimate of drug-likeness (QED) is 0.0195. The van der Waals surface area contributed by atoms with Crippen molar-refractivity contribution < 1.29 is 49.3 Å². The molecule has 1 aliphatic heterocycles. The van der Waals surface area contributed by atoms with E-state index in [1.807, 2.05) is 6.08 Å². The number of unbranched alkanes of at least 4 members (excludes halogenated alkanes) is 31. The van der Waals surface area contributed by atoms with Gasteiger partial charge in [0.05, 0.1) is 32.0 Å². The maximum atomic E-state index is 13.0. The summed E-state index contributed by atoms with van der Waals surface area (Å²) in [5.41, 5.74) is 0. The van der Waals surface area contributed by atoms with E-state index in [0.717, 1.165) is 83.5 Å². The lowest BCUT2D eigenvalue weighted by Gasteiger charge is -2.40. The summed E-state index contributed by atoms with van der Waals surface area (Å²) < 4.78 is 16.7. The number of amides is 1. The van der Waals surface area contributed by atoms with Crippen molar-refractivity contribution in [3.63, 3.8) is 0 Å². The number of ether oxygens (including phenoxy) is 3. The monoisotopic (exact) mass is 1060 g/mol. The van der Waals surface area contributed by atoms with E-state index < -0.39 is 49.5 Å². The number of rotatable bonds is 53. The molecule has 6 N–H and O–H groups in total. The van der Waals surface area contributed by atoms with Crippen LogP contribution in [0.5, 0.6) is 0 Å². The number of aliphatic hydroxyl groups is 5. The number of carbonyl (C=O) groups excluding carboxylic acids is 2. The summed E-state index contributed by atoms with van der Waals surface area (Å²) in [5, 5.41) is 54.2. The first-order valence-electron chi connectivity index (χ1n) is 31.1. The Morgan fingerprint density at radius 2 is 0.907 bits per heavy atom. The second-order valence-electron chi connectivity index (χ2n) is 21.4. The van der Waals surface area contributed by atoms with Crippen molar-refractivity contribution in [3.05, 3.63) is 60.8 Å². The van der Waals surface area contributed by atoms with Crippen molar-refractivity contribution in [2.24, 2.45) is 0 Å². The Kier molecular flexibility index (Phi) is 50.1. The van der Waals surface area contributed by atoms with Crippen molar-refractivity contribution in [1.82, 2.24) is 5.32 Å². The van der Waals surface area contributed by atoms with Crippen molar-refractivity contribution in [3.8, 4) is 0 Å². The second kappa shape index (κ2) is 53.4. The Balaban J connectivity index is 2.03. The number of nitrogens with one attached hydrogen (secondary N) is 1. The Hall–Kier alpha value is -2.64. The zero-order valence-corrected chi connectivity index (χ0v) is 48.0. The summed E-state index contributed by atoms with van der Waals surface area (Å²) >= 11 is 0. The first-order valence-corrected chi connectivity index (χ1v) is 31.1. The van der Waals surface area contributed by atoms with Gasteiger partial charge in [0.2, 0.25) is 5.91 Å². The molecule has 0 aromatic carbocycles. The van der Waals surface area contributed by atoms with Gasteiger partial charge in [-0.1, -0.05) is 216 Å². The van der Waals surface area contributed by atoms with E-state index in [2.05, 4.69) is 67.8 Å². The predicted octanol–water partition coefficient (Wildman–Crippen LogP) is 14.6. The number of hydrogen-bond acceptors (Lipinski definition) is 10. The maximum Gasteiger partial charge on any atom is 0.305 e.